The van der Waals surface area contributed by atoms with Crippen LogP contribution in [0.1, 0.15) is 20.3 Å². The molecule has 0 aliphatic carbocycles. The molecule has 1 aliphatic rings. The number of rotatable bonds is 8. The normalized spacial score (nSPS) is 25.0. The zero-order valence-corrected chi connectivity index (χ0v) is 14.1. The first-order chi connectivity index (χ1) is 10.7. The molecule has 0 aromatic heterocycles. The van der Waals surface area contributed by atoms with E-state index in [9.17, 15) is 0 Å². The number of quaternary nitrogens is 1. The first kappa shape index (κ1) is 17.1. The topological polar surface area (TPSA) is 32.1 Å². The van der Waals surface area contributed by atoms with E-state index in [-0.39, 0.29) is 0 Å². The van der Waals surface area contributed by atoms with Crippen molar-refractivity contribution in [1.29, 1.82) is 0 Å². The fourth-order valence-corrected chi connectivity index (χ4v) is 3.35. The second-order valence-electron chi connectivity index (χ2n) is 6.49. The highest BCUT2D eigenvalue weighted by Crippen LogP contribution is 2.18. The number of benzene rings is 1. The molecule has 0 spiro atoms. The van der Waals surface area contributed by atoms with E-state index in [1.54, 1.807) is 12.0 Å². The SMILES string of the molecule is COc1cccc(OCCOCC[NH+]2C[C@H](C)C[C@H](C)C2)c1. The van der Waals surface area contributed by atoms with Gasteiger partial charge in [-0.25, -0.2) is 0 Å². The minimum absolute atomic E-state index is 0.579. The van der Waals surface area contributed by atoms with Crippen LogP contribution in [-0.2, 0) is 4.74 Å². The lowest BCUT2D eigenvalue weighted by atomic mass is 9.92. The van der Waals surface area contributed by atoms with Crippen LogP contribution in [0.25, 0.3) is 0 Å². The maximum atomic E-state index is 5.71. The Morgan fingerprint density at radius 1 is 1.05 bits per heavy atom. The fraction of sp³-hybridized carbons (Fsp3) is 0.667. The molecule has 0 bridgehead atoms. The van der Waals surface area contributed by atoms with Crippen molar-refractivity contribution in [3.8, 4) is 11.5 Å². The number of ether oxygens (including phenoxy) is 3. The highest BCUT2D eigenvalue weighted by atomic mass is 16.5. The second-order valence-corrected chi connectivity index (χ2v) is 6.49. The van der Waals surface area contributed by atoms with Crippen LogP contribution in [0.5, 0.6) is 11.5 Å². The van der Waals surface area contributed by atoms with E-state index in [2.05, 4.69) is 13.8 Å². The third kappa shape index (κ3) is 5.85. The van der Waals surface area contributed by atoms with Gasteiger partial charge in [-0.1, -0.05) is 19.9 Å². The van der Waals surface area contributed by atoms with Gasteiger partial charge < -0.3 is 19.1 Å². The number of methoxy groups -OCH3 is 1. The van der Waals surface area contributed by atoms with Crippen molar-refractivity contribution >= 4 is 0 Å². The van der Waals surface area contributed by atoms with Gasteiger partial charge in [-0.2, -0.15) is 0 Å². The summed E-state index contributed by atoms with van der Waals surface area (Å²) in [6.07, 6.45) is 1.37. The summed E-state index contributed by atoms with van der Waals surface area (Å²) in [6.45, 7) is 10.4. The van der Waals surface area contributed by atoms with Crippen LogP contribution in [0, 0.1) is 11.8 Å². The zero-order chi connectivity index (χ0) is 15.8. The molecule has 124 valence electrons. The van der Waals surface area contributed by atoms with Crippen molar-refractivity contribution in [2.75, 3.05) is 46.6 Å². The molecule has 4 heteroatoms. The molecule has 1 fully saturated rings. The van der Waals surface area contributed by atoms with Gasteiger partial charge >= 0.3 is 0 Å². The summed E-state index contributed by atoms with van der Waals surface area (Å²) in [5, 5.41) is 0. The van der Waals surface area contributed by atoms with Gasteiger partial charge in [0.2, 0.25) is 0 Å². The maximum Gasteiger partial charge on any atom is 0.123 e. The summed E-state index contributed by atoms with van der Waals surface area (Å²) in [5.74, 6) is 3.33. The predicted octanol–water partition coefficient (Wildman–Crippen LogP) is 1.65. The Morgan fingerprint density at radius 2 is 1.77 bits per heavy atom. The highest BCUT2D eigenvalue weighted by molar-refractivity contribution is 5.32. The Balaban J connectivity index is 1.55. The third-order valence-electron chi connectivity index (χ3n) is 4.22. The molecule has 1 N–H and O–H groups in total. The summed E-state index contributed by atoms with van der Waals surface area (Å²) < 4.78 is 16.5. The van der Waals surface area contributed by atoms with Gasteiger partial charge in [0.1, 0.15) is 24.7 Å². The number of likely N-dealkylation sites (tertiary alicyclic amines) is 1. The molecule has 4 nitrogen and oxygen atoms in total. The van der Waals surface area contributed by atoms with Crippen LogP contribution in [0.2, 0.25) is 0 Å². The quantitative estimate of drug-likeness (QED) is 0.741. The lowest BCUT2D eigenvalue weighted by Crippen LogP contribution is -3.14. The van der Waals surface area contributed by atoms with E-state index in [0.29, 0.717) is 13.2 Å². The number of nitrogens with one attached hydrogen (secondary N) is 1. The molecule has 1 aliphatic heterocycles. The minimum Gasteiger partial charge on any atom is -0.497 e. The van der Waals surface area contributed by atoms with Gasteiger partial charge in [0, 0.05) is 17.9 Å². The van der Waals surface area contributed by atoms with Crippen molar-refractivity contribution in [2.45, 2.75) is 20.3 Å². The summed E-state index contributed by atoms with van der Waals surface area (Å²) in [7, 11) is 1.66. The summed E-state index contributed by atoms with van der Waals surface area (Å²) in [4.78, 5) is 1.68. The standard InChI is InChI=1S/C18H29NO3/c1-15-11-16(2)14-19(13-15)7-8-21-9-10-22-18-6-4-5-17(12-18)20-3/h4-6,12,15-16H,7-11,13-14H2,1-3H3/p+1/t15-,16+. The molecule has 1 unspecified atom stereocenters. The van der Waals surface area contributed by atoms with E-state index in [0.717, 1.165) is 36.5 Å². The molecule has 0 amide bonds. The minimum atomic E-state index is 0.579. The third-order valence-corrected chi connectivity index (χ3v) is 4.22. The van der Waals surface area contributed by atoms with Gasteiger partial charge in [0.05, 0.1) is 33.4 Å². The Kier molecular flexibility index (Phi) is 7.00. The fourth-order valence-electron chi connectivity index (χ4n) is 3.35. The second kappa shape index (κ2) is 9.01. The lowest BCUT2D eigenvalue weighted by Gasteiger charge is -2.31. The lowest BCUT2D eigenvalue weighted by molar-refractivity contribution is -0.912. The first-order valence-corrected chi connectivity index (χ1v) is 8.35. The van der Waals surface area contributed by atoms with E-state index >= 15 is 0 Å². The summed E-state index contributed by atoms with van der Waals surface area (Å²) in [6, 6.07) is 7.66. The first-order valence-electron chi connectivity index (χ1n) is 8.35. The Labute approximate surface area is 134 Å². The number of piperidine rings is 1. The van der Waals surface area contributed by atoms with E-state index in [1.807, 2.05) is 24.3 Å². The molecule has 1 saturated heterocycles. The van der Waals surface area contributed by atoms with Crippen LogP contribution >= 0.6 is 0 Å². The average molecular weight is 308 g/mol. The van der Waals surface area contributed by atoms with Crippen LogP contribution in [0.4, 0.5) is 0 Å². The van der Waals surface area contributed by atoms with Crippen molar-refractivity contribution in [2.24, 2.45) is 11.8 Å². The maximum absolute atomic E-state index is 5.71. The molecule has 2 rings (SSSR count). The molecule has 1 heterocycles. The molecule has 3 atom stereocenters. The van der Waals surface area contributed by atoms with Crippen LogP contribution in [0.3, 0.4) is 0 Å². The van der Waals surface area contributed by atoms with Crippen molar-refractivity contribution < 1.29 is 19.1 Å². The average Bonchev–Trinajstić information content (AvgIpc) is 2.50. The van der Waals surface area contributed by atoms with Crippen LogP contribution < -0.4 is 14.4 Å². The summed E-state index contributed by atoms with van der Waals surface area (Å²) in [5.41, 5.74) is 0. The molecule has 0 radical (unpaired) electrons. The monoisotopic (exact) mass is 308 g/mol. The predicted molar refractivity (Wildman–Crippen MR) is 87.8 cm³/mol. The van der Waals surface area contributed by atoms with E-state index in [1.165, 1.54) is 19.5 Å². The van der Waals surface area contributed by atoms with E-state index in [4.69, 9.17) is 14.2 Å². The molecular weight excluding hydrogens is 278 g/mol. The van der Waals surface area contributed by atoms with Crippen molar-refractivity contribution in [3.05, 3.63) is 24.3 Å². The van der Waals surface area contributed by atoms with Gasteiger partial charge in [-0.05, 0) is 18.6 Å². The zero-order valence-electron chi connectivity index (χ0n) is 14.1. The van der Waals surface area contributed by atoms with E-state index < -0.39 is 0 Å². The van der Waals surface area contributed by atoms with Crippen LogP contribution in [-0.4, -0.2) is 46.6 Å². The van der Waals surface area contributed by atoms with Gasteiger partial charge in [-0.3, -0.25) is 0 Å². The number of hydrogen-bond donors (Lipinski definition) is 1. The Hall–Kier alpha value is -1.26. The number of hydrogen-bond acceptors (Lipinski definition) is 3. The molecule has 0 saturated carbocycles. The highest BCUT2D eigenvalue weighted by Gasteiger charge is 2.24. The van der Waals surface area contributed by atoms with Crippen molar-refractivity contribution in [3.63, 3.8) is 0 Å². The van der Waals surface area contributed by atoms with Gasteiger partial charge in [-0.15, -0.1) is 0 Å². The molecular formula is C18H30NO3+. The van der Waals surface area contributed by atoms with Crippen LogP contribution in [0.15, 0.2) is 24.3 Å². The molecule has 22 heavy (non-hydrogen) atoms. The Bertz CT molecular complexity index is 428. The smallest absolute Gasteiger partial charge is 0.123 e. The van der Waals surface area contributed by atoms with Gasteiger partial charge in [0.15, 0.2) is 0 Å². The van der Waals surface area contributed by atoms with Crippen molar-refractivity contribution in [1.82, 2.24) is 0 Å². The summed E-state index contributed by atoms with van der Waals surface area (Å²) >= 11 is 0. The Morgan fingerprint density at radius 3 is 2.50 bits per heavy atom. The van der Waals surface area contributed by atoms with Gasteiger partial charge in [0.25, 0.3) is 0 Å². The molecule has 1 aromatic rings. The largest absolute Gasteiger partial charge is 0.497 e. The molecule has 1 aromatic carbocycles.